The second-order valence-corrected chi connectivity index (χ2v) is 4.87. The van der Waals surface area contributed by atoms with Crippen LogP contribution in [0.5, 0.6) is 0 Å². The molecule has 1 amide bonds. The van der Waals surface area contributed by atoms with Gasteiger partial charge >= 0.3 is 0 Å². The van der Waals surface area contributed by atoms with Crippen molar-refractivity contribution < 1.29 is 4.79 Å². The number of amides is 1. The molecule has 2 N–H and O–H groups in total. The monoisotopic (exact) mass is 272 g/mol. The molecule has 0 spiro atoms. The van der Waals surface area contributed by atoms with E-state index in [1.807, 2.05) is 50.4 Å². The molecule has 20 heavy (non-hydrogen) atoms. The van der Waals surface area contributed by atoms with E-state index in [1.54, 1.807) is 10.9 Å². The van der Waals surface area contributed by atoms with E-state index in [0.717, 1.165) is 5.69 Å². The third-order valence-electron chi connectivity index (χ3n) is 2.80. The highest BCUT2D eigenvalue weighted by molar-refractivity contribution is 5.99. The van der Waals surface area contributed by atoms with Crippen LogP contribution in [0.1, 0.15) is 24.2 Å². The lowest BCUT2D eigenvalue weighted by Gasteiger charge is -2.14. The number of benzene rings is 1. The van der Waals surface area contributed by atoms with E-state index in [9.17, 15) is 4.79 Å². The number of hydrogen-bond acceptors (Lipinski definition) is 3. The maximum absolute atomic E-state index is 12.2. The molecule has 106 valence electrons. The van der Waals surface area contributed by atoms with Crippen molar-refractivity contribution in [1.29, 1.82) is 0 Å². The Balaban J connectivity index is 1.94. The zero-order valence-corrected chi connectivity index (χ0v) is 11.8. The van der Waals surface area contributed by atoms with Gasteiger partial charge in [0.2, 0.25) is 0 Å². The average molecular weight is 272 g/mol. The van der Waals surface area contributed by atoms with E-state index < -0.39 is 0 Å². The summed E-state index contributed by atoms with van der Waals surface area (Å²) in [4.78, 5) is 12.2. The first-order valence-electron chi connectivity index (χ1n) is 6.78. The summed E-state index contributed by atoms with van der Waals surface area (Å²) >= 11 is 0. The van der Waals surface area contributed by atoms with Gasteiger partial charge in [0.05, 0.1) is 12.1 Å². The fourth-order valence-electron chi connectivity index (χ4n) is 1.93. The van der Waals surface area contributed by atoms with Gasteiger partial charge in [0.1, 0.15) is 0 Å². The normalized spacial score (nSPS) is 10.6. The molecule has 5 nitrogen and oxygen atoms in total. The first-order chi connectivity index (χ1) is 9.66. The molecular formula is C15H20N4O. The highest BCUT2D eigenvalue weighted by atomic mass is 16.1. The molecular weight excluding hydrogens is 252 g/mol. The summed E-state index contributed by atoms with van der Waals surface area (Å²) in [5.41, 5.74) is 1.53. The number of para-hydroxylation sites is 1. The fraction of sp³-hybridized carbons (Fsp3) is 0.333. The highest BCUT2D eigenvalue weighted by Crippen LogP contribution is 2.15. The number of rotatable bonds is 6. The Kier molecular flexibility index (Phi) is 4.76. The lowest BCUT2D eigenvalue weighted by molar-refractivity contribution is 0.0952. The molecule has 1 heterocycles. The number of nitrogens with one attached hydrogen (secondary N) is 2. The van der Waals surface area contributed by atoms with Crippen molar-refractivity contribution in [3.05, 3.63) is 48.3 Å². The van der Waals surface area contributed by atoms with Crippen molar-refractivity contribution in [2.24, 2.45) is 0 Å². The molecule has 0 saturated heterocycles. The summed E-state index contributed by atoms with van der Waals surface area (Å²) < 4.78 is 1.79. The van der Waals surface area contributed by atoms with Gasteiger partial charge in [-0.05, 0) is 32.0 Å². The van der Waals surface area contributed by atoms with Crippen LogP contribution in [0, 0.1) is 0 Å². The molecule has 0 aliphatic carbocycles. The second-order valence-electron chi connectivity index (χ2n) is 4.87. The lowest BCUT2D eigenvalue weighted by atomic mass is 10.1. The molecule has 1 aromatic carbocycles. The van der Waals surface area contributed by atoms with Crippen LogP contribution in [-0.2, 0) is 6.54 Å². The third kappa shape index (κ3) is 3.85. The Morgan fingerprint density at radius 3 is 2.80 bits per heavy atom. The van der Waals surface area contributed by atoms with Crippen LogP contribution in [0.3, 0.4) is 0 Å². The van der Waals surface area contributed by atoms with Crippen LogP contribution >= 0.6 is 0 Å². The first-order valence-corrected chi connectivity index (χ1v) is 6.78. The largest absolute Gasteiger partial charge is 0.382 e. The Hall–Kier alpha value is -2.30. The number of aromatic nitrogens is 2. The van der Waals surface area contributed by atoms with E-state index in [2.05, 4.69) is 15.7 Å². The summed E-state index contributed by atoms with van der Waals surface area (Å²) in [5, 5.41) is 10.3. The minimum atomic E-state index is -0.0686. The van der Waals surface area contributed by atoms with Gasteiger partial charge < -0.3 is 10.6 Å². The molecule has 0 atom stereocenters. The van der Waals surface area contributed by atoms with Gasteiger partial charge in [0.15, 0.2) is 0 Å². The van der Waals surface area contributed by atoms with E-state index >= 15 is 0 Å². The lowest BCUT2D eigenvalue weighted by Crippen LogP contribution is -2.28. The molecule has 0 unspecified atom stereocenters. The maximum atomic E-state index is 12.2. The van der Waals surface area contributed by atoms with Gasteiger partial charge in [-0.25, -0.2) is 0 Å². The van der Waals surface area contributed by atoms with Crippen molar-refractivity contribution in [3.8, 4) is 0 Å². The SMILES string of the molecule is CC(C)Nc1ccccc1C(=O)NCCn1cccn1. The van der Waals surface area contributed by atoms with Gasteiger partial charge in [-0.1, -0.05) is 12.1 Å². The molecule has 2 aromatic rings. The Morgan fingerprint density at radius 1 is 1.30 bits per heavy atom. The average Bonchev–Trinajstić information content (AvgIpc) is 2.91. The zero-order valence-electron chi connectivity index (χ0n) is 11.8. The smallest absolute Gasteiger partial charge is 0.253 e. The zero-order chi connectivity index (χ0) is 14.4. The Morgan fingerprint density at radius 2 is 2.10 bits per heavy atom. The number of anilines is 1. The van der Waals surface area contributed by atoms with Crippen LogP contribution in [-0.4, -0.2) is 28.3 Å². The first kappa shape index (κ1) is 14.1. The molecule has 0 saturated carbocycles. The Bertz CT molecular complexity index is 549. The number of carbonyl (C=O) groups is 1. The summed E-state index contributed by atoms with van der Waals surface area (Å²) in [6.07, 6.45) is 3.60. The van der Waals surface area contributed by atoms with Crippen LogP contribution in [0.2, 0.25) is 0 Å². The molecule has 1 aromatic heterocycles. The van der Waals surface area contributed by atoms with Crippen LogP contribution < -0.4 is 10.6 Å². The molecule has 0 fully saturated rings. The van der Waals surface area contributed by atoms with Crippen molar-refractivity contribution in [1.82, 2.24) is 15.1 Å². The van der Waals surface area contributed by atoms with Gasteiger partial charge in [-0.3, -0.25) is 9.48 Å². The van der Waals surface area contributed by atoms with Crippen LogP contribution in [0.4, 0.5) is 5.69 Å². The molecule has 0 aliphatic heterocycles. The second kappa shape index (κ2) is 6.75. The van der Waals surface area contributed by atoms with Gasteiger partial charge in [0, 0.05) is 30.7 Å². The van der Waals surface area contributed by atoms with Gasteiger partial charge in [-0.15, -0.1) is 0 Å². The van der Waals surface area contributed by atoms with Crippen molar-refractivity contribution in [3.63, 3.8) is 0 Å². The number of carbonyl (C=O) groups excluding carboxylic acids is 1. The number of hydrogen-bond donors (Lipinski definition) is 2. The maximum Gasteiger partial charge on any atom is 0.253 e. The topological polar surface area (TPSA) is 59.0 Å². The molecule has 0 aliphatic rings. The summed E-state index contributed by atoms with van der Waals surface area (Å²) in [6, 6.07) is 9.69. The fourth-order valence-corrected chi connectivity index (χ4v) is 1.93. The number of nitrogens with zero attached hydrogens (tertiary/aromatic N) is 2. The quantitative estimate of drug-likeness (QED) is 0.847. The predicted molar refractivity (Wildman–Crippen MR) is 79.8 cm³/mol. The summed E-state index contributed by atoms with van der Waals surface area (Å²) in [5.74, 6) is -0.0686. The molecule has 2 rings (SSSR count). The molecule has 0 bridgehead atoms. The van der Waals surface area contributed by atoms with Crippen molar-refractivity contribution >= 4 is 11.6 Å². The van der Waals surface area contributed by atoms with Crippen molar-refractivity contribution in [2.75, 3.05) is 11.9 Å². The summed E-state index contributed by atoms with van der Waals surface area (Å²) in [7, 11) is 0. The van der Waals surface area contributed by atoms with Gasteiger partial charge in [0.25, 0.3) is 5.91 Å². The molecule has 5 heteroatoms. The van der Waals surface area contributed by atoms with Crippen LogP contribution in [0.15, 0.2) is 42.7 Å². The predicted octanol–water partition coefficient (Wildman–Crippen LogP) is 2.13. The highest BCUT2D eigenvalue weighted by Gasteiger charge is 2.10. The summed E-state index contributed by atoms with van der Waals surface area (Å²) in [6.45, 7) is 5.31. The van der Waals surface area contributed by atoms with E-state index in [-0.39, 0.29) is 11.9 Å². The van der Waals surface area contributed by atoms with Gasteiger partial charge in [-0.2, -0.15) is 5.10 Å². The van der Waals surface area contributed by atoms with E-state index in [4.69, 9.17) is 0 Å². The van der Waals surface area contributed by atoms with Crippen molar-refractivity contribution in [2.45, 2.75) is 26.4 Å². The standard InChI is InChI=1S/C15H20N4O/c1-12(2)18-14-7-4-3-6-13(14)15(20)16-9-11-19-10-5-8-17-19/h3-8,10,12,18H,9,11H2,1-2H3,(H,16,20). The Labute approximate surface area is 119 Å². The minimum Gasteiger partial charge on any atom is -0.382 e. The van der Waals surface area contributed by atoms with E-state index in [1.165, 1.54) is 0 Å². The van der Waals surface area contributed by atoms with E-state index in [0.29, 0.717) is 18.7 Å². The minimum absolute atomic E-state index is 0.0686. The molecule has 0 radical (unpaired) electrons. The van der Waals surface area contributed by atoms with Crippen LogP contribution in [0.25, 0.3) is 0 Å². The third-order valence-corrected chi connectivity index (χ3v) is 2.80.